The summed E-state index contributed by atoms with van der Waals surface area (Å²) in [6.45, 7) is 10.4. The smallest absolute Gasteiger partial charge is 0.223 e. The average Bonchev–Trinajstić information content (AvgIpc) is 2.68. The van der Waals surface area contributed by atoms with Crippen LogP contribution in [-0.2, 0) is 6.54 Å². The first-order valence-electron chi connectivity index (χ1n) is 6.44. The van der Waals surface area contributed by atoms with Crippen molar-refractivity contribution in [3.05, 3.63) is 11.7 Å². The van der Waals surface area contributed by atoms with Crippen molar-refractivity contribution in [2.75, 3.05) is 19.6 Å². The minimum Gasteiger partial charge on any atom is -0.340 e. The van der Waals surface area contributed by atoms with Crippen LogP contribution in [0.25, 0.3) is 0 Å². The van der Waals surface area contributed by atoms with Crippen LogP contribution in [0.4, 0.5) is 0 Å². The van der Waals surface area contributed by atoms with Gasteiger partial charge in [0.2, 0.25) is 5.89 Å². The van der Waals surface area contributed by atoms with Gasteiger partial charge in [0.15, 0.2) is 5.82 Å². The number of hydrogen-bond donors (Lipinski definition) is 1. The molecule has 1 N–H and O–H groups in total. The molecule has 1 fully saturated rings. The van der Waals surface area contributed by atoms with E-state index >= 15 is 0 Å². The Morgan fingerprint density at radius 2 is 2.35 bits per heavy atom. The fraction of sp³-hybridized carbons (Fsp3) is 0.833. The highest BCUT2D eigenvalue weighted by Gasteiger charge is 2.25. The van der Waals surface area contributed by atoms with E-state index in [9.17, 15) is 0 Å². The first-order valence-corrected chi connectivity index (χ1v) is 6.44. The number of nitrogens with zero attached hydrogens (tertiary/aromatic N) is 3. The van der Waals surface area contributed by atoms with Gasteiger partial charge in [-0.3, -0.25) is 4.90 Å². The number of aryl methyl sites for hydroxylation is 1. The molecule has 0 aromatic carbocycles. The van der Waals surface area contributed by atoms with E-state index in [4.69, 9.17) is 4.52 Å². The van der Waals surface area contributed by atoms with Gasteiger partial charge in [-0.15, -0.1) is 0 Å². The maximum absolute atomic E-state index is 4.99. The number of hydrogen-bond acceptors (Lipinski definition) is 5. The van der Waals surface area contributed by atoms with Crippen molar-refractivity contribution in [1.82, 2.24) is 20.4 Å². The molecule has 2 heterocycles. The molecule has 96 valence electrons. The van der Waals surface area contributed by atoms with Gasteiger partial charge in [-0.1, -0.05) is 19.0 Å². The summed E-state index contributed by atoms with van der Waals surface area (Å²) in [5.41, 5.74) is 0. The topological polar surface area (TPSA) is 54.2 Å². The van der Waals surface area contributed by atoms with Crippen LogP contribution in [0.1, 0.15) is 32.0 Å². The molecule has 1 saturated heterocycles. The van der Waals surface area contributed by atoms with Gasteiger partial charge in [-0.05, 0) is 18.9 Å². The SMILES string of the molecule is CCNC1CCN(Cc2noc(C)n2)CC1C. The Morgan fingerprint density at radius 3 is 2.94 bits per heavy atom. The molecule has 0 bridgehead atoms. The third-order valence-corrected chi connectivity index (χ3v) is 3.39. The highest BCUT2D eigenvalue weighted by Crippen LogP contribution is 2.18. The summed E-state index contributed by atoms with van der Waals surface area (Å²) < 4.78 is 4.99. The molecule has 1 aromatic rings. The minimum absolute atomic E-state index is 0.649. The summed E-state index contributed by atoms with van der Waals surface area (Å²) in [5, 5.41) is 7.49. The van der Waals surface area contributed by atoms with Gasteiger partial charge in [0.05, 0.1) is 6.54 Å². The first kappa shape index (κ1) is 12.5. The van der Waals surface area contributed by atoms with Crippen LogP contribution >= 0.6 is 0 Å². The number of rotatable bonds is 4. The van der Waals surface area contributed by atoms with Gasteiger partial charge in [-0.25, -0.2) is 0 Å². The molecule has 17 heavy (non-hydrogen) atoms. The zero-order chi connectivity index (χ0) is 12.3. The summed E-state index contributed by atoms with van der Waals surface area (Å²) >= 11 is 0. The third-order valence-electron chi connectivity index (χ3n) is 3.39. The lowest BCUT2D eigenvalue weighted by Crippen LogP contribution is -2.47. The van der Waals surface area contributed by atoms with E-state index in [1.54, 1.807) is 0 Å². The van der Waals surface area contributed by atoms with E-state index < -0.39 is 0 Å². The van der Waals surface area contributed by atoms with Crippen LogP contribution in [0.2, 0.25) is 0 Å². The van der Waals surface area contributed by atoms with Crippen molar-refractivity contribution in [3.63, 3.8) is 0 Å². The molecule has 1 aromatic heterocycles. The molecule has 5 nitrogen and oxygen atoms in total. The van der Waals surface area contributed by atoms with Crippen LogP contribution in [0.15, 0.2) is 4.52 Å². The molecule has 2 rings (SSSR count). The van der Waals surface area contributed by atoms with E-state index in [1.165, 1.54) is 6.42 Å². The van der Waals surface area contributed by atoms with Crippen LogP contribution < -0.4 is 5.32 Å². The van der Waals surface area contributed by atoms with Crippen molar-refractivity contribution in [2.45, 2.75) is 39.8 Å². The van der Waals surface area contributed by atoms with Crippen LogP contribution in [-0.4, -0.2) is 40.7 Å². The van der Waals surface area contributed by atoms with Gasteiger partial charge in [-0.2, -0.15) is 4.98 Å². The van der Waals surface area contributed by atoms with Crippen LogP contribution in [0.5, 0.6) is 0 Å². The molecular formula is C12H22N4O. The number of nitrogens with one attached hydrogen (secondary N) is 1. The van der Waals surface area contributed by atoms with Gasteiger partial charge >= 0.3 is 0 Å². The molecular weight excluding hydrogens is 216 g/mol. The maximum atomic E-state index is 4.99. The van der Waals surface area contributed by atoms with Gasteiger partial charge < -0.3 is 9.84 Å². The molecule has 0 saturated carbocycles. The second kappa shape index (κ2) is 5.60. The Kier molecular flexibility index (Phi) is 4.12. The summed E-state index contributed by atoms with van der Waals surface area (Å²) in [5.74, 6) is 2.13. The molecule has 0 spiro atoms. The van der Waals surface area contributed by atoms with Crippen LogP contribution in [0.3, 0.4) is 0 Å². The third kappa shape index (κ3) is 3.26. The Labute approximate surface area is 103 Å². The predicted octanol–water partition coefficient (Wildman–Crippen LogP) is 1.20. The van der Waals surface area contributed by atoms with E-state index in [1.807, 2.05) is 6.92 Å². The zero-order valence-electron chi connectivity index (χ0n) is 10.9. The van der Waals surface area contributed by atoms with E-state index in [0.717, 1.165) is 32.0 Å². The molecule has 2 atom stereocenters. The fourth-order valence-electron chi connectivity index (χ4n) is 2.55. The molecule has 0 amide bonds. The highest BCUT2D eigenvalue weighted by atomic mass is 16.5. The van der Waals surface area contributed by atoms with Crippen molar-refractivity contribution in [1.29, 1.82) is 0 Å². The maximum Gasteiger partial charge on any atom is 0.223 e. The van der Waals surface area contributed by atoms with Gasteiger partial charge in [0.1, 0.15) is 0 Å². The van der Waals surface area contributed by atoms with Crippen molar-refractivity contribution < 1.29 is 4.52 Å². The van der Waals surface area contributed by atoms with Gasteiger partial charge in [0.25, 0.3) is 0 Å². The lowest BCUT2D eigenvalue weighted by molar-refractivity contribution is 0.138. The fourth-order valence-corrected chi connectivity index (χ4v) is 2.55. The van der Waals surface area contributed by atoms with Crippen molar-refractivity contribution in [3.8, 4) is 0 Å². The van der Waals surface area contributed by atoms with Gasteiger partial charge in [0, 0.05) is 26.1 Å². The van der Waals surface area contributed by atoms with E-state index in [-0.39, 0.29) is 0 Å². The molecule has 1 aliphatic rings. The predicted molar refractivity (Wildman–Crippen MR) is 65.6 cm³/mol. The second-order valence-electron chi connectivity index (χ2n) is 4.89. The molecule has 1 aliphatic heterocycles. The lowest BCUT2D eigenvalue weighted by atomic mass is 9.94. The Bertz CT molecular complexity index is 352. The number of aromatic nitrogens is 2. The summed E-state index contributed by atoms with van der Waals surface area (Å²) in [6.07, 6.45) is 1.20. The molecule has 2 unspecified atom stereocenters. The largest absolute Gasteiger partial charge is 0.340 e. The minimum atomic E-state index is 0.649. The standard InChI is InChI=1S/C12H22N4O/c1-4-13-11-5-6-16(7-9(11)2)8-12-14-10(3)17-15-12/h9,11,13H,4-8H2,1-3H3. The Balaban J connectivity index is 1.85. The first-order chi connectivity index (χ1) is 8.19. The molecule has 5 heteroatoms. The summed E-state index contributed by atoms with van der Waals surface area (Å²) in [4.78, 5) is 6.66. The summed E-state index contributed by atoms with van der Waals surface area (Å²) in [7, 11) is 0. The van der Waals surface area contributed by atoms with E-state index in [0.29, 0.717) is 17.9 Å². The van der Waals surface area contributed by atoms with E-state index in [2.05, 4.69) is 34.2 Å². The van der Waals surface area contributed by atoms with Crippen molar-refractivity contribution in [2.24, 2.45) is 5.92 Å². The summed E-state index contributed by atoms with van der Waals surface area (Å²) in [6, 6.07) is 0.656. The number of likely N-dealkylation sites (tertiary alicyclic amines) is 1. The number of piperidine rings is 1. The molecule has 0 radical (unpaired) electrons. The van der Waals surface area contributed by atoms with Crippen molar-refractivity contribution >= 4 is 0 Å². The average molecular weight is 238 g/mol. The molecule has 0 aliphatic carbocycles. The lowest BCUT2D eigenvalue weighted by Gasteiger charge is -2.36. The highest BCUT2D eigenvalue weighted by molar-refractivity contribution is 4.88. The Morgan fingerprint density at radius 1 is 1.53 bits per heavy atom. The quantitative estimate of drug-likeness (QED) is 0.854. The second-order valence-corrected chi connectivity index (χ2v) is 4.89. The van der Waals surface area contributed by atoms with Crippen LogP contribution in [0, 0.1) is 12.8 Å². The monoisotopic (exact) mass is 238 g/mol. The zero-order valence-corrected chi connectivity index (χ0v) is 10.9. The normalized spacial score (nSPS) is 26.3. The Hall–Kier alpha value is -0.940.